The highest BCUT2D eigenvalue weighted by Crippen LogP contribution is 2.19. The number of amides is 1. The Bertz CT molecular complexity index is 631. The predicted octanol–water partition coefficient (Wildman–Crippen LogP) is 2.05. The van der Waals surface area contributed by atoms with E-state index in [1.54, 1.807) is 4.68 Å². The molecule has 1 aromatic carbocycles. The molecule has 2 heterocycles. The molecule has 0 saturated carbocycles. The fourth-order valence-corrected chi connectivity index (χ4v) is 2.69. The highest BCUT2D eigenvalue weighted by atomic mass is 16.2. The Morgan fingerprint density at radius 3 is 2.86 bits per heavy atom. The maximum atomic E-state index is 12.3. The number of nitrogens with one attached hydrogen (secondary N) is 2. The van der Waals surface area contributed by atoms with Crippen LogP contribution in [0.3, 0.4) is 0 Å². The summed E-state index contributed by atoms with van der Waals surface area (Å²) < 4.78 is 1.80. The molecule has 0 aliphatic carbocycles. The zero-order valence-corrected chi connectivity index (χ0v) is 12.7. The number of carbonyl (C=O) groups is 1. The summed E-state index contributed by atoms with van der Waals surface area (Å²) in [6.07, 6.45) is 3.08. The summed E-state index contributed by atoms with van der Waals surface area (Å²) in [5, 5.41) is 10.4. The largest absolute Gasteiger partial charge is 0.306 e. The van der Waals surface area contributed by atoms with Crippen LogP contribution in [0.25, 0.3) is 11.4 Å². The molecule has 1 aromatic heterocycles. The predicted molar refractivity (Wildman–Crippen MR) is 85.4 cm³/mol. The van der Waals surface area contributed by atoms with Crippen molar-refractivity contribution in [2.75, 3.05) is 11.9 Å². The van der Waals surface area contributed by atoms with Crippen molar-refractivity contribution in [2.24, 2.45) is 0 Å². The van der Waals surface area contributed by atoms with Gasteiger partial charge in [-0.2, -0.15) is 4.98 Å². The molecule has 2 aromatic rings. The molecule has 6 nitrogen and oxygen atoms in total. The van der Waals surface area contributed by atoms with Crippen molar-refractivity contribution in [3.63, 3.8) is 0 Å². The number of hydrogen-bond acceptors (Lipinski definition) is 4. The molecule has 2 N–H and O–H groups in total. The molecular weight excluding hydrogens is 278 g/mol. The first kappa shape index (κ1) is 14.7. The van der Waals surface area contributed by atoms with Gasteiger partial charge in [-0.05, 0) is 26.3 Å². The molecular formula is C16H21N5O. The summed E-state index contributed by atoms with van der Waals surface area (Å²) in [6, 6.07) is 9.74. The molecule has 116 valence electrons. The quantitative estimate of drug-likeness (QED) is 0.906. The summed E-state index contributed by atoms with van der Waals surface area (Å²) in [5.74, 6) is 1.10. The Morgan fingerprint density at radius 1 is 1.36 bits per heavy atom. The first-order chi connectivity index (χ1) is 10.8. The molecule has 1 aliphatic heterocycles. The van der Waals surface area contributed by atoms with E-state index >= 15 is 0 Å². The van der Waals surface area contributed by atoms with Gasteiger partial charge >= 0.3 is 0 Å². The van der Waals surface area contributed by atoms with Gasteiger partial charge < -0.3 is 5.32 Å². The smallest absolute Gasteiger partial charge is 0.249 e. The van der Waals surface area contributed by atoms with Crippen molar-refractivity contribution in [2.45, 2.75) is 38.8 Å². The molecule has 0 radical (unpaired) electrons. The molecule has 22 heavy (non-hydrogen) atoms. The van der Waals surface area contributed by atoms with Gasteiger partial charge in [0.15, 0.2) is 5.82 Å². The second-order valence-electron chi connectivity index (χ2n) is 5.43. The molecule has 0 spiro atoms. The third-order valence-corrected chi connectivity index (χ3v) is 3.87. The van der Waals surface area contributed by atoms with Crippen LogP contribution < -0.4 is 10.6 Å². The molecule has 1 aliphatic rings. The van der Waals surface area contributed by atoms with Crippen molar-refractivity contribution >= 4 is 11.9 Å². The third kappa shape index (κ3) is 3.17. The number of piperidine rings is 1. The lowest BCUT2D eigenvalue weighted by Crippen LogP contribution is -2.43. The highest BCUT2D eigenvalue weighted by Gasteiger charge is 2.22. The lowest BCUT2D eigenvalue weighted by molar-refractivity contribution is -0.118. The zero-order valence-electron chi connectivity index (χ0n) is 12.7. The van der Waals surface area contributed by atoms with Gasteiger partial charge in [-0.25, -0.2) is 4.68 Å². The number of rotatable bonds is 4. The van der Waals surface area contributed by atoms with Crippen LogP contribution in [0.15, 0.2) is 30.3 Å². The number of aryl methyl sites for hydroxylation is 1. The van der Waals surface area contributed by atoms with Crippen LogP contribution in [0.4, 0.5) is 5.95 Å². The molecule has 6 heteroatoms. The first-order valence-electron chi connectivity index (χ1n) is 7.82. The van der Waals surface area contributed by atoms with E-state index < -0.39 is 0 Å². The molecule has 3 rings (SSSR count). The minimum Gasteiger partial charge on any atom is -0.306 e. The van der Waals surface area contributed by atoms with Gasteiger partial charge in [0.2, 0.25) is 11.9 Å². The van der Waals surface area contributed by atoms with Gasteiger partial charge in [0, 0.05) is 12.1 Å². The van der Waals surface area contributed by atoms with Gasteiger partial charge in [-0.15, -0.1) is 5.10 Å². The van der Waals surface area contributed by atoms with Crippen LogP contribution in [-0.2, 0) is 11.3 Å². The molecule has 0 unspecified atom stereocenters. The van der Waals surface area contributed by atoms with Crippen LogP contribution >= 0.6 is 0 Å². The number of carbonyl (C=O) groups excluding carboxylic acids is 1. The average Bonchev–Trinajstić information content (AvgIpc) is 2.99. The normalized spacial score (nSPS) is 18.1. The van der Waals surface area contributed by atoms with Crippen molar-refractivity contribution < 1.29 is 4.79 Å². The summed E-state index contributed by atoms with van der Waals surface area (Å²) in [7, 11) is 0. The van der Waals surface area contributed by atoms with Crippen LogP contribution in [0, 0.1) is 0 Å². The summed E-state index contributed by atoms with van der Waals surface area (Å²) in [5.41, 5.74) is 0.994. The average molecular weight is 299 g/mol. The van der Waals surface area contributed by atoms with Gasteiger partial charge in [0.05, 0.1) is 6.04 Å². The Kier molecular flexibility index (Phi) is 4.48. The number of aromatic nitrogens is 3. The molecule has 0 bridgehead atoms. The van der Waals surface area contributed by atoms with Crippen LogP contribution in [0.2, 0.25) is 0 Å². The van der Waals surface area contributed by atoms with E-state index in [0.29, 0.717) is 12.5 Å². The first-order valence-corrected chi connectivity index (χ1v) is 7.82. The molecule has 1 atom stereocenters. The van der Waals surface area contributed by atoms with E-state index in [0.717, 1.165) is 37.2 Å². The van der Waals surface area contributed by atoms with Crippen LogP contribution in [0.5, 0.6) is 0 Å². The Balaban J connectivity index is 1.77. The third-order valence-electron chi connectivity index (χ3n) is 3.87. The topological polar surface area (TPSA) is 71.8 Å². The van der Waals surface area contributed by atoms with E-state index in [1.165, 1.54) is 0 Å². The summed E-state index contributed by atoms with van der Waals surface area (Å²) in [6.45, 7) is 3.61. The second-order valence-corrected chi connectivity index (χ2v) is 5.43. The Hall–Kier alpha value is -2.21. The monoisotopic (exact) mass is 299 g/mol. The zero-order chi connectivity index (χ0) is 15.4. The van der Waals surface area contributed by atoms with E-state index in [1.807, 2.05) is 37.3 Å². The molecule has 1 saturated heterocycles. The Morgan fingerprint density at radius 2 is 2.18 bits per heavy atom. The minimum atomic E-state index is -0.137. The fourth-order valence-electron chi connectivity index (χ4n) is 2.69. The summed E-state index contributed by atoms with van der Waals surface area (Å²) >= 11 is 0. The maximum Gasteiger partial charge on any atom is 0.249 e. The van der Waals surface area contributed by atoms with E-state index in [4.69, 9.17) is 0 Å². The summed E-state index contributed by atoms with van der Waals surface area (Å²) in [4.78, 5) is 16.7. The number of anilines is 1. The highest BCUT2D eigenvalue weighted by molar-refractivity contribution is 5.93. The number of hydrogen-bond donors (Lipinski definition) is 2. The van der Waals surface area contributed by atoms with Crippen LogP contribution in [0.1, 0.15) is 26.2 Å². The van der Waals surface area contributed by atoms with Crippen molar-refractivity contribution in [3.8, 4) is 11.4 Å². The van der Waals surface area contributed by atoms with Gasteiger partial charge in [-0.1, -0.05) is 36.8 Å². The number of benzene rings is 1. The Labute approximate surface area is 129 Å². The maximum absolute atomic E-state index is 12.3. The van der Waals surface area contributed by atoms with Crippen molar-refractivity contribution in [1.82, 2.24) is 20.1 Å². The second kappa shape index (κ2) is 6.70. The lowest BCUT2D eigenvalue weighted by Gasteiger charge is -2.21. The van der Waals surface area contributed by atoms with Crippen molar-refractivity contribution in [1.29, 1.82) is 0 Å². The van der Waals surface area contributed by atoms with Gasteiger partial charge in [0.1, 0.15) is 0 Å². The van der Waals surface area contributed by atoms with Gasteiger partial charge in [-0.3, -0.25) is 10.1 Å². The lowest BCUT2D eigenvalue weighted by atomic mass is 10.0. The van der Waals surface area contributed by atoms with E-state index in [2.05, 4.69) is 20.7 Å². The minimum absolute atomic E-state index is 0.0486. The van der Waals surface area contributed by atoms with E-state index in [-0.39, 0.29) is 11.9 Å². The van der Waals surface area contributed by atoms with Crippen molar-refractivity contribution in [3.05, 3.63) is 30.3 Å². The van der Waals surface area contributed by atoms with Crippen LogP contribution in [-0.4, -0.2) is 33.3 Å². The standard InChI is InChI=1S/C16H21N5O/c1-2-21-14(12-8-4-3-5-9-12)18-16(20-21)19-15(22)13-10-6-7-11-17-13/h3-5,8-9,13,17H,2,6-7,10-11H2,1H3,(H,19,20,22)/t13-/m0/s1. The SMILES string of the molecule is CCn1nc(NC(=O)[C@@H]2CCCCN2)nc1-c1ccccc1. The molecule has 1 fully saturated rings. The van der Waals surface area contributed by atoms with E-state index in [9.17, 15) is 4.79 Å². The fraction of sp³-hybridized carbons (Fsp3) is 0.438. The molecule has 1 amide bonds. The number of nitrogens with zero attached hydrogens (tertiary/aromatic N) is 3. The van der Waals surface area contributed by atoms with Gasteiger partial charge in [0.25, 0.3) is 0 Å².